The number of esters is 2. The normalized spacial score (nSPS) is 22.7. The monoisotopic (exact) mass is 1020 g/mol. The molecule has 0 radical (unpaired) electrons. The lowest BCUT2D eigenvalue weighted by molar-refractivity contribution is -0.161. The summed E-state index contributed by atoms with van der Waals surface area (Å²) in [5, 5.41) is 20.9. The van der Waals surface area contributed by atoms with Gasteiger partial charge in [-0.2, -0.15) is 9.29 Å². The van der Waals surface area contributed by atoms with Crippen LogP contribution in [0.2, 0.25) is 0 Å². The summed E-state index contributed by atoms with van der Waals surface area (Å²) < 4.78 is 62.5. The lowest BCUT2D eigenvalue weighted by Gasteiger charge is -2.21. The molecule has 6 N–H and O–H groups in total. The number of phosphoric acid groups is 2. The minimum Gasteiger partial charge on any atom is -0.462 e. The third-order valence-corrected chi connectivity index (χ3v) is 14.2. The zero-order chi connectivity index (χ0) is 50.5. The highest BCUT2D eigenvalue weighted by Gasteiger charge is 2.46. The van der Waals surface area contributed by atoms with E-state index in [0.717, 1.165) is 68.0 Å². The second-order valence-electron chi connectivity index (χ2n) is 18.2. The minimum absolute atomic E-state index is 0.0333. The van der Waals surface area contributed by atoms with Gasteiger partial charge in [-0.3, -0.25) is 23.2 Å². The number of carbonyl (C=O) groups is 2. The van der Waals surface area contributed by atoms with Gasteiger partial charge in [0, 0.05) is 19.0 Å². The van der Waals surface area contributed by atoms with Gasteiger partial charge < -0.3 is 44.7 Å². The Hall–Kier alpha value is -3.06. The van der Waals surface area contributed by atoms with E-state index in [0.29, 0.717) is 19.3 Å². The fourth-order valence-electron chi connectivity index (χ4n) is 7.53. The second-order valence-corrected chi connectivity index (χ2v) is 21.2. The Morgan fingerprint density at radius 2 is 1.35 bits per heavy atom. The molecule has 0 saturated carbocycles. The largest absolute Gasteiger partial charge is 0.481 e. The smallest absolute Gasteiger partial charge is 0.462 e. The quantitative estimate of drug-likeness (QED) is 0.0135. The van der Waals surface area contributed by atoms with Crippen molar-refractivity contribution in [1.29, 1.82) is 0 Å². The molecule has 9 atom stereocenters. The zero-order valence-corrected chi connectivity index (χ0v) is 42.8. The molecule has 4 unspecified atom stereocenters. The van der Waals surface area contributed by atoms with E-state index in [-0.39, 0.29) is 30.9 Å². The first kappa shape index (κ1) is 60.2. The van der Waals surface area contributed by atoms with Crippen LogP contribution >= 0.6 is 15.6 Å². The molecule has 0 amide bonds. The molecule has 19 nitrogen and oxygen atoms in total. The molecule has 3 rings (SSSR count). The van der Waals surface area contributed by atoms with Gasteiger partial charge in [-0.05, 0) is 63.4 Å². The Bertz CT molecular complexity index is 1880. The summed E-state index contributed by atoms with van der Waals surface area (Å²) in [6.07, 6.45) is 27.0. The number of epoxide rings is 1. The highest BCUT2D eigenvalue weighted by atomic mass is 31.3. The molecule has 1 aromatic rings. The third-order valence-electron chi connectivity index (χ3n) is 11.6. The number of aromatic nitrogens is 2. The summed E-state index contributed by atoms with van der Waals surface area (Å²) >= 11 is 0. The Kier molecular flexibility index (Phi) is 29.3. The van der Waals surface area contributed by atoms with E-state index >= 15 is 0 Å². The fourth-order valence-corrected chi connectivity index (χ4v) is 9.64. The van der Waals surface area contributed by atoms with Gasteiger partial charge in [0.15, 0.2) is 12.3 Å². The molecular weight excluding hydrogens is 936 g/mol. The summed E-state index contributed by atoms with van der Waals surface area (Å²) in [7, 11) is -10.9. The van der Waals surface area contributed by atoms with Crippen LogP contribution in [-0.2, 0) is 51.0 Å². The van der Waals surface area contributed by atoms with Crippen LogP contribution in [0.15, 0.2) is 53.5 Å². The summed E-state index contributed by atoms with van der Waals surface area (Å²) in [4.78, 5) is 61.9. The summed E-state index contributed by atoms with van der Waals surface area (Å²) in [6, 6.07) is 1.24. The van der Waals surface area contributed by atoms with Gasteiger partial charge in [-0.1, -0.05) is 134 Å². The van der Waals surface area contributed by atoms with Crippen LogP contribution in [0.3, 0.4) is 0 Å². The van der Waals surface area contributed by atoms with Crippen molar-refractivity contribution in [2.24, 2.45) is 5.92 Å². The highest BCUT2D eigenvalue weighted by molar-refractivity contribution is 7.61. The number of carbonyl (C=O) groups excluding carboxylic acids is 2. The van der Waals surface area contributed by atoms with Crippen LogP contribution in [0.5, 0.6) is 0 Å². The maximum atomic E-state index is 12.9. The number of aliphatic hydroxyl groups is 2. The van der Waals surface area contributed by atoms with Crippen molar-refractivity contribution in [2.75, 3.05) is 25.6 Å². The lowest BCUT2D eigenvalue weighted by atomic mass is 10.0. The molecule has 0 aliphatic carbocycles. The first-order chi connectivity index (χ1) is 33.0. The van der Waals surface area contributed by atoms with Gasteiger partial charge in [0.2, 0.25) is 0 Å². The maximum Gasteiger partial charge on any atom is 0.481 e. The average molecular weight is 1020 g/mol. The predicted molar refractivity (Wildman–Crippen MR) is 260 cm³/mol. The zero-order valence-electron chi connectivity index (χ0n) is 41.0. The molecule has 0 spiro atoms. The number of rotatable bonds is 39. The number of nitrogens with two attached hydrogens (primary N) is 1. The van der Waals surface area contributed by atoms with Crippen molar-refractivity contribution in [3.8, 4) is 0 Å². The van der Waals surface area contributed by atoms with Crippen molar-refractivity contribution < 1.29 is 71.0 Å². The topological polar surface area (TPSA) is 278 Å². The molecule has 2 aliphatic rings. The van der Waals surface area contributed by atoms with Crippen LogP contribution in [0, 0.1) is 5.92 Å². The number of anilines is 1. The Balaban J connectivity index is 1.43. The number of nitrogens with zero attached hydrogens (tertiary/aromatic N) is 2. The predicted octanol–water partition coefficient (Wildman–Crippen LogP) is 8.84. The van der Waals surface area contributed by atoms with Crippen molar-refractivity contribution in [3.63, 3.8) is 0 Å². The molecule has 69 heavy (non-hydrogen) atoms. The maximum absolute atomic E-state index is 12.9. The standard InChI is InChI=1S/C48H81N3O16P2/c1-4-5-6-7-8-11-15-18-23-28-39-40(65-39)29-24-20-21-26-31-44(53)64-38(34-61-43(52)30-25-19-16-13-10-9-12-14-17-22-27-37(2)3)35-62-68(57,58)67-69(59,60)63-36-41-45(54)46(55)47(66-41)51-33-32-42(49)50-48(51)56/h8,11,18,20,23-24,32-33,37-41,45-47,54-55H,4-7,9-10,12-17,19,21-22,25-31,34-36H2,1-3H3,(H,57,58)(H,59,60)(H2,49,50,56)/b11-8-,23-18-,24-20-/t38-,39?,40?,41-,45-,46-,47-/m1/s1. The molecule has 1 aromatic heterocycles. The van der Waals surface area contributed by atoms with Crippen molar-refractivity contribution in [2.45, 2.75) is 205 Å². The van der Waals surface area contributed by atoms with Crippen molar-refractivity contribution in [1.82, 2.24) is 9.55 Å². The Labute approximate surface area is 408 Å². The van der Waals surface area contributed by atoms with Crippen LogP contribution in [0.25, 0.3) is 0 Å². The fraction of sp³-hybridized carbons (Fsp3) is 0.750. The van der Waals surface area contributed by atoms with E-state index in [1.165, 1.54) is 63.9 Å². The first-order valence-electron chi connectivity index (χ1n) is 25.0. The number of allylic oxidation sites excluding steroid dienone is 4. The van der Waals surface area contributed by atoms with Gasteiger partial charge in [0.25, 0.3) is 0 Å². The van der Waals surface area contributed by atoms with E-state index in [9.17, 15) is 43.5 Å². The highest BCUT2D eigenvalue weighted by Crippen LogP contribution is 2.60. The van der Waals surface area contributed by atoms with Gasteiger partial charge in [0.05, 0.1) is 25.4 Å². The number of hydrogen-bond acceptors (Lipinski definition) is 16. The second kappa shape index (κ2) is 33.6. The number of nitrogen functional groups attached to an aromatic ring is 1. The summed E-state index contributed by atoms with van der Waals surface area (Å²) in [5.41, 5.74) is 4.58. The molecule has 394 valence electrons. The Morgan fingerprint density at radius 3 is 2.01 bits per heavy atom. The molecule has 2 aliphatic heterocycles. The summed E-state index contributed by atoms with van der Waals surface area (Å²) in [6.45, 7) is 4.34. The SMILES string of the molecule is CCCCC/C=C\C/C=C\CC1OC1C/C=C\CCCC(=O)O[C@H](COC(=O)CCCCCCCCCCCCC(C)C)COP(=O)(O)OP(=O)(O)OC[C@H]1O[C@@H](n2ccc(N)nc2=O)[C@H](O)[C@@H]1O. The van der Waals surface area contributed by atoms with E-state index in [4.69, 9.17) is 33.7 Å². The third kappa shape index (κ3) is 26.8. The lowest BCUT2D eigenvalue weighted by Crippen LogP contribution is -2.36. The van der Waals surface area contributed by atoms with E-state index in [1.54, 1.807) is 0 Å². The first-order valence-corrected chi connectivity index (χ1v) is 28.0. The molecule has 21 heteroatoms. The van der Waals surface area contributed by atoms with E-state index in [2.05, 4.69) is 54.4 Å². The molecule has 2 saturated heterocycles. The molecule has 3 heterocycles. The van der Waals surface area contributed by atoms with Crippen LogP contribution in [0.4, 0.5) is 5.82 Å². The van der Waals surface area contributed by atoms with Gasteiger partial charge in [-0.25, -0.2) is 13.9 Å². The molecule has 2 fully saturated rings. The molecule has 0 aromatic carbocycles. The van der Waals surface area contributed by atoms with Gasteiger partial charge in [-0.15, -0.1) is 0 Å². The minimum atomic E-state index is -5.44. The van der Waals surface area contributed by atoms with Gasteiger partial charge in [0.1, 0.15) is 30.7 Å². The average Bonchev–Trinajstić information content (AvgIpc) is 3.98. The molecular formula is C48H81N3O16P2. The Morgan fingerprint density at radius 1 is 0.754 bits per heavy atom. The van der Waals surface area contributed by atoms with E-state index in [1.807, 2.05) is 12.2 Å². The number of aliphatic hydroxyl groups excluding tert-OH is 2. The van der Waals surface area contributed by atoms with Gasteiger partial charge >= 0.3 is 33.3 Å². The number of hydrogen-bond donors (Lipinski definition) is 5. The van der Waals surface area contributed by atoms with Crippen LogP contribution in [-0.4, -0.2) is 97.9 Å². The van der Waals surface area contributed by atoms with E-state index < -0.39 is 83.7 Å². The van der Waals surface area contributed by atoms with Crippen LogP contribution < -0.4 is 11.4 Å². The van der Waals surface area contributed by atoms with Crippen LogP contribution in [0.1, 0.15) is 168 Å². The molecule has 0 bridgehead atoms. The number of unbranched alkanes of at least 4 members (excludes halogenated alkanes) is 13. The summed E-state index contributed by atoms with van der Waals surface area (Å²) in [5.74, 6) is -0.621. The van der Waals surface area contributed by atoms with Crippen molar-refractivity contribution in [3.05, 3.63) is 59.2 Å². The number of phosphoric ester groups is 2. The number of ether oxygens (including phenoxy) is 4. The van der Waals surface area contributed by atoms with Crippen molar-refractivity contribution >= 4 is 33.4 Å².